The van der Waals surface area contributed by atoms with Gasteiger partial charge < -0.3 is 19.8 Å². The lowest BCUT2D eigenvalue weighted by Gasteiger charge is -2.33. The van der Waals surface area contributed by atoms with Crippen molar-refractivity contribution in [3.05, 3.63) is 48.7 Å². The summed E-state index contributed by atoms with van der Waals surface area (Å²) in [5.74, 6) is -0.684. The van der Waals surface area contributed by atoms with Gasteiger partial charge in [-0.3, -0.25) is 19.5 Å². The molecule has 132 valence electrons. The second kappa shape index (κ2) is 8.41. The highest BCUT2D eigenvalue weighted by molar-refractivity contribution is 6.39. The van der Waals surface area contributed by atoms with Gasteiger partial charge in [-0.05, 0) is 24.3 Å². The number of carbonyl (C=O) groups is 2. The summed E-state index contributed by atoms with van der Waals surface area (Å²) < 4.78 is 10.9. The zero-order valence-electron chi connectivity index (χ0n) is 13.7. The molecular weight excluding hydrogens is 324 g/mol. The first kappa shape index (κ1) is 17.1. The standard InChI is InChI=1S/C17H20N4O4/c22-16(17(23)20-13-3-1-5-18-11-13)19-12-14(15-4-2-8-25-15)21-6-9-24-10-7-21/h1-5,8,11,14H,6-7,9-10,12H2,(H,19,22)(H,20,23). The van der Waals surface area contributed by atoms with Crippen LogP contribution in [-0.2, 0) is 14.3 Å². The van der Waals surface area contributed by atoms with Crippen LogP contribution in [0.5, 0.6) is 0 Å². The first-order valence-electron chi connectivity index (χ1n) is 8.08. The molecule has 8 heteroatoms. The second-order valence-electron chi connectivity index (χ2n) is 5.59. The molecule has 3 rings (SSSR count). The fraction of sp³-hybridized carbons (Fsp3) is 0.353. The Bertz CT molecular complexity index is 684. The van der Waals surface area contributed by atoms with Gasteiger partial charge in [0.15, 0.2) is 0 Å². The maximum Gasteiger partial charge on any atom is 0.313 e. The molecule has 1 unspecified atom stereocenters. The summed E-state index contributed by atoms with van der Waals surface area (Å²) in [4.78, 5) is 30.1. The maximum absolute atomic E-state index is 12.1. The zero-order chi connectivity index (χ0) is 17.5. The van der Waals surface area contributed by atoms with E-state index >= 15 is 0 Å². The molecule has 0 spiro atoms. The molecule has 1 aliphatic heterocycles. The lowest BCUT2D eigenvalue weighted by atomic mass is 10.1. The van der Waals surface area contributed by atoms with Crippen LogP contribution in [0, 0.1) is 0 Å². The molecule has 0 bridgehead atoms. The zero-order valence-corrected chi connectivity index (χ0v) is 13.7. The number of amides is 2. The van der Waals surface area contributed by atoms with E-state index in [-0.39, 0.29) is 12.6 Å². The molecule has 2 N–H and O–H groups in total. The molecule has 1 aliphatic rings. The van der Waals surface area contributed by atoms with Crippen molar-refractivity contribution < 1.29 is 18.7 Å². The van der Waals surface area contributed by atoms with E-state index in [0.29, 0.717) is 18.9 Å². The number of hydrogen-bond acceptors (Lipinski definition) is 6. The second-order valence-corrected chi connectivity index (χ2v) is 5.59. The Morgan fingerprint density at radius 2 is 2.04 bits per heavy atom. The van der Waals surface area contributed by atoms with Crippen LogP contribution < -0.4 is 10.6 Å². The largest absolute Gasteiger partial charge is 0.468 e. The van der Waals surface area contributed by atoms with Crippen molar-refractivity contribution >= 4 is 17.5 Å². The third kappa shape index (κ3) is 4.65. The number of ether oxygens (including phenoxy) is 1. The molecule has 2 amide bonds. The quantitative estimate of drug-likeness (QED) is 0.779. The molecule has 2 aromatic rings. The number of rotatable bonds is 5. The first-order chi connectivity index (χ1) is 12.2. The van der Waals surface area contributed by atoms with Gasteiger partial charge in [0.2, 0.25) is 0 Å². The summed E-state index contributed by atoms with van der Waals surface area (Å²) in [6.45, 7) is 3.01. The number of nitrogens with one attached hydrogen (secondary N) is 2. The van der Waals surface area contributed by atoms with Gasteiger partial charge >= 0.3 is 11.8 Å². The van der Waals surface area contributed by atoms with Gasteiger partial charge in [0, 0.05) is 25.8 Å². The predicted octanol–water partition coefficient (Wildman–Crippen LogP) is 0.803. The van der Waals surface area contributed by atoms with Gasteiger partial charge in [-0.15, -0.1) is 0 Å². The van der Waals surface area contributed by atoms with E-state index in [4.69, 9.17) is 9.15 Å². The van der Waals surface area contributed by atoms with Crippen molar-refractivity contribution in [2.45, 2.75) is 6.04 Å². The average molecular weight is 344 g/mol. The predicted molar refractivity (Wildman–Crippen MR) is 89.7 cm³/mol. The monoisotopic (exact) mass is 344 g/mol. The van der Waals surface area contributed by atoms with E-state index in [1.165, 1.54) is 6.20 Å². The van der Waals surface area contributed by atoms with E-state index in [0.717, 1.165) is 18.8 Å². The van der Waals surface area contributed by atoms with Crippen molar-refractivity contribution in [2.75, 3.05) is 38.2 Å². The summed E-state index contributed by atoms with van der Waals surface area (Å²) in [5.41, 5.74) is 0.471. The summed E-state index contributed by atoms with van der Waals surface area (Å²) in [6, 6.07) is 6.87. The van der Waals surface area contributed by atoms with Crippen LogP contribution in [0.4, 0.5) is 5.69 Å². The Hall–Kier alpha value is -2.71. The molecular formula is C17H20N4O4. The molecule has 3 heterocycles. The van der Waals surface area contributed by atoms with Crippen molar-refractivity contribution in [3.8, 4) is 0 Å². The number of morpholine rings is 1. The molecule has 25 heavy (non-hydrogen) atoms. The lowest BCUT2D eigenvalue weighted by molar-refractivity contribution is -0.136. The van der Waals surface area contributed by atoms with Crippen LogP contribution in [0.3, 0.4) is 0 Å². The molecule has 1 saturated heterocycles. The Morgan fingerprint density at radius 1 is 1.20 bits per heavy atom. The van der Waals surface area contributed by atoms with Crippen molar-refractivity contribution in [3.63, 3.8) is 0 Å². The summed E-state index contributed by atoms with van der Waals surface area (Å²) in [5, 5.41) is 5.18. The Morgan fingerprint density at radius 3 is 2.72 bits per heavy atom. The molecule has 2 aromatic heterocycles. The minimum atomic E-state index is -0.729. The molecule has 0 saturated carbocycles. The summed E-state index contributed by atoms with van der Waals surface area (Å²) >= 11 is 0. The number of pyridine rings is 1. The Kier molecular flexibility index (Phi) is 5.76. The number of furan rings is 1. The number of carbonyl (C=O) groups excluding carboxylic acids is 2. The highest BCUT2D eigenvalue weighted by Crippen LogP contribution is 2.21. The SMILES string of the molecule is O=C(NCC(c1ccco1)N1CCOCC1)C(=O)Nc1cccnc1. The van der Waals surface area contributed by atoms with Crippen LogP contribution in [0.1, 0.15) is 11.8 Å². The molecule has 8 nitrogen and oxygen atoms in total. The normalized spacial score (nSPS) is 16.2. The minimum absolute atomic E-state index is 0.144. The number of aromatic nitrogens is 1. The third-order valence-electron chi connectivity index (χ3n) is 3.94. The van der Waals surface area contributed by atoms with Crippen molar-refractivity contribution in [1.29, 1.82) is 0 Å². The van der Waals surface area contributed by atoms with Gasteiger partial charge in [0.25, 0.3) is 0 Å². The van der Waals surface area contributed by atoms with Crippen molar-refractivity contribution in [1.82, 2.24) is 15.2 Å². The van der Waals surface area contributed by atoms with Crippen LogP contribution in [0.15, 0.2) is 47.3 Å². The summed E-state index contributed by atoms with van der Waals surface area (Å²) in [6.07, 6.45) is 4.66. The van der Waals surface area contributed by atoms with E-state index < -0.39 is 11.8 Å². The maximum atomic E-state index is 12.1. The van der Waals surface area contributed by atoms with E-state index in [2.05, 4.69) is 20.5 Å². The van der Waals surface area contributed by atoms with Gasteiger partial charge in [0.1, 0.15) is 5.76 Å². The number of nitrogens with zero attached hydrogens (tertiary/aromatic N) is 2. The highest BCUT2D eigenvalue weighted by atomic mass is 16.5. The van der Waals surface area contributed by atoms with Crippen LogP contribution in [0.2, 0.25) is 0 Å². The van der Waals surface area contributed by atoms with E-state index in [1.54, 1.807) is 30.7 Å². The minimum Gasteiger partial charge on any atom is -0.468 e. The molecule has 0 aromatic carbocycles. The molecule has 0 aliphatic carbocycles. The lowest BCUT2D eigenvalue weighted by Crippen LogP contribution is -2.45. The fourth-order valence-corrected chi connectivity index (χ4v) is 2.67. The van der Waals surface area contributed by atoms with Gasteiger partial charge in [-0.1, -0.05) is 0 Å². The molecule has 1 atom stereocenters. The first-order valence-corrected chi connectivity index (χ1v) is 8.08. The van der Waals surface area contributed by atoms with E-state index in [1.807, 2.05) is 6.07 Å². The average Bonchev–Trinajstić information content (AvgIpc) is 3.18. The number of hydrogen-bond donors (Lipinski definition) is 2. The van der Waals surface area contributed by atoms with Crippen molar-refractivity contribution in [2.24, 2.45) is 0 Å². The summed E-state index contributed by atoms with van der Waals surface area (Å²) in [7, 11) is 0. The van der Waals surface area contributed by atoms with Gasteiger partial charge in [-0.2, -0.15) is 0 Å². The third-order valence-corrected chi connectivity index (χ3v) is 3.94. The van der Waals surface area contributed by atoms with Crippen LogP contribution >= 0.6 is 0 Å². The van der Waals surface area contributed by atoms with Gasteiger partial charge in [0.05, 0.1) is 37.4 Å². The Labute approximate surface area is 145 Å². The van der Waals surface area contributed by atoms with Crippen LogP contribution in [-0.4, -0.2) is 54.5 Å². The Balaban J connectivity index is 1.58. The fourth-order valence-electron chi connectivity index (χ4n) is 2.67. The highest BCUT2D eigenvalue weighted by Gasteiger charge is 2.26. The smallest absolute Gasteiger partial charge is 0.313 e. The number of anilines is 1. The molecule has 0 radical (unpaired) electrons. The molecule has 1 fully saturated rings. The van der Waals surface area contributed by atoms with E-state index in [9.17, 15) is 9.59 Å². The van der Waals surface area contributed by atoms with Gasteiger partial charge in [-0.25, -0.2) is 0 Å². The topological polar surface area (TPSA) is 96.7 Å². The van der Waals surface area contributed by atoms with Crippen LogP contribution in [0.25, 0.3) is 0 Å².